The molecule has 1 aromatic rings. The van der Waals surface area contributed by atoms with Gasteiger partial charge in [0.1, 0.15) is 0 Å². The molecule has 0 radical (unpaired) electrons. The fraction of sp³-hybridized carbons (Fsp3) is 0.588. The summed E-state index contributed by atoms with van der Waals surface area (Å²) < 4.78 is 10.3. The summed E-state index contributed by atoms with van der Waals surface area (Å²) >= 11 is 0. The molecule has 2 rings (SSSR count). The SMILES string of the molecule is CC.COCCOCCCc1ccc2c(c1)C(=O)N(C)C2. The van der Waals surface area contributed by atoms with E-state index in [-0.39, 0.29) is 5.91 Å². The van der Waals surface area contributed by atoms with Crippen molar-refractivity contribution in [3.63, 3.8) is 0 Å². The predicted octanol–water partition coefficient (Wildman–Crippen LogP) is 2.89. The van der Waals surface area contributed by atoms with Crippen LogP contribution >= 0.6 is 0 Å². The zero-order chi connectivity index (χ0) is 15.7. The number of benzene rings is 1. The van der Waals surface area contributed by atoms with Crippen LogP contribution in [0.5, 0.6) is 0 Å². The fourth-order valence-electron chi connectivity index (χ4n) is 2.27. The summed E-state index contributed by atoms with van der Waals surface area (Å²) in [5.41, 5.74) is 3.20. The molecule has 1 heterocycles. The minimum absolute atomic E-state index is 0.133. The Morgan fingerprint density at radius 3 is 2.67 bits per heavy atom. The number of aryl methyl sites for hydroxylation is 1. The van der Waals surface area contributed by atoms with Crippen LogP contribution < -0.4 is 0 Å². The van der Waals surface area contributed by atoms with Crippen molar-refractivity contribution in [2.75, 3.05) is 34.0 Å². The first-order chi connectivity index (χ1) is 10.2. The molecule has 4 heteroatoms. The molecule has 0 N–H and O–H groups in total. The summed E-state index contributed by atoms with van der Waals surface area (Å²) in [6, 6.07) is 6.20. The highest BCUT2D eigenvalue weighted by Crippen LogP contribution is 2.22. The van der Waals surface area contributed by atoms with Crippen molar-refractivity contribution in [3.8, 4) is 0 Å². The molecule has 1 aliphatic heterocycles. The van der Waals surface area contributed by atoms with Gasteiger partial charge in [-0.1, -0.05) is 26.0 Å². The van der Waals surface area contributed by atoms with Crippen LogP contribution in [-0.2, 0) is 22.4 Å². The first-order valence-electron chi connectivity index (χ1n) is 7.66. The molecule has 1 aromatic carbocycles. The van der Waals surface area contributed by atoms with Gasteiger partial charge in [-0.2, -0.15) is 0 Å². The highest BCUT2D eigenvalue weighted by atomic mass is 16.5. The fourth-order valence-corrected chi connectivity index (χ4v) is 2.27. The summed E-state index contributed by atoms with van der Waals surface area (Å²) in [7, 11) is 3.51. The van der Waals surface area contributed by atoms with Gasteiger partial charge in [0, 0.05) is 32.9 Å². The predicted molar refractivity (Wildman–Crippen MR) is 84.6 cm³/mol. The van der Waals surface area contributed by atoms with E-state index in [9.17, 15) is 4.79 Å². The summed E-state index contributed by atoms with van der Waals surface area (Å²) in [4.78, 5) is 13.6. The molecule has 0 saturated carbocycles. The average molecular weight is 293 g/mol. The zero-order valence-electron chi connectivity index (χ0n) is 13.6. The van der Waals surface area contributed by atoms with Crippen molar-refractivity contribution in [1.29, 1.82) is 0 Å². The average Bonchev–Trinajstić information content (AvgIpc) is 2.80. The van der Waals surface area contributed by atoms with Gasteiger partial charge in [-0.15, -0.1) is 0 Å². The van der Waals surface area contributed by atoms with E-state index in [4.69, 9.17) is 9.47 Å². The standard InChI is InChI=1S/C15H21NO3.C2H6/c1-16-11-13-6-5-12(10-14(13)15(16)17)4-3-7-19-9-8-18-2;1-2/h5-6,10H,3-4,7-9,11H2,1-2H3;1-2H3. The van der Waals surface area contributed by atoms with Crippen molar-refractivity contribution < 1.29 is 14.3 Å². The highest BCUT2D eigenvalue weighted by Gasteiger charge is 2.23. The van der Waals surface area contributed by atoms with Crippen molar-refractivity contribution in [2.24, 2.45) is 0 Å². The lowest BCUT2D eigenvalue weighted by atomic mass is 10.0. The van der Waals surface area contributed by atoms with Gasteiger partial charge in [-0.05, 0) is 30.0 Å². The second-order valence-corrected chi connectivity index (χ2v) is 4.86. The first-order valence-corrected chi connectivity index (χ1v) is 7.66. The molecule has 0 aliphatic carbocycles. The Hall–Kier alpha value is -1.39. The van der Waals surface area contributed by atoms with E-state index in [1.807, 2.05) is 27.0 Å². The number of carbonyl (C=O) groups excluding carboxylic acids is 1. The van der Waals surface area contributed by atoms with Crippen LogP contribution in [0.2, 0.25) is 0 Å². The van der Waals surface area contributed by atoms with E-state index in [0.29, 0.717) is 13.2 Å². The van der Waals surface area contributed by atoms with Gasteiger partial charge in [-0.3, -0.25) is 4.79 Å². The summed E-state index contributed by atoms with van der Waals surface area (Å²) in [6.45, 7) is 6.74. The maximum absolute atomic E-state index is 11.9. The molecule has 118 valence electrons. The summed E-state index contributed by atoms with van der Waals surface area (Å²) in [6.07, 6.45) is 1.91. The number of amides is 1. The van der Waals surface area contributed by atoms with E-state index in [1.165, 1.54) is 5.56 Å². The van der Waals surface area contributed by atoms with Crippen molar-refractivity contribution >= 4 is 5.91 Å². The van der Waals surface area contributed by atoms with E-state index in [2.05, 4.69) is 12.1 Å². The molecule has 21 heavy (non-hydrogen) atoms. The Morgan fingerprint density at radius 1 is 1.19 bits per heavy atom. The molecule has 0 aromatic heterocycles. The number of ether oxygens (including phenoxy) is 2. The van der Waals surface area contributed by atoms with Gasteiger partial charge in [0.15, 0.2) is 0 Å². The number of carbonyl (C=O) groups is 1. The lowest BCUT2D eigenvalue weighted by Crippen LogP contribution is -2.17. The topological polar surface area (TPSA) is 38.8 Å². The zero-order valence-corrected chi connectivity index (χ0v) is 13.6. The van der Waals surface area contributed by atoms with E-state index < -0.39 is 0 Å². The number of fused-ring (bicyclic) bond motifs is 1. The number of hydrogen-bond donors (Lipinski definition) is 0. The van der Waals surface area contributed by atoms with Crippen molar-refractivity contribution in [1.82, 2.24) is 4.90 Å². The van der Waals surface area contributed by atoms with Crippen LogP contribution in [0.3, 0.4) is 0 Å². The Balaban J connectivity index is 0.00000106. The van der Waals surface area contributed by atoms with Crippen LogP contribution in [0.25, 0.3) is 0 Å². The van der Waals surface area contributed by atoms with Gasteiger partial charge in [-0.25, -0.2) is 0 Å². The molecule has 1 aliphatic rings. The maximum Gasteiger partial charge on any atom is 0.254 e. The molecule has 0 atom stereocenters. The molecule has 0 spiro atoms. The van der Waals surface area contributed by atoms with E-state index >= 15 is 0 Å². The highest BCUT2D eigenvalue weighted by molar-refractivity contribution is 5.98. The Labute approximate surface area is 128 Å². The Kier molecular flexibility index (Phi) is 8.01. The molecule has 0 unspecified atom stereocenters. The minimum Gasteiger partial charge on any atom is -0.382 e. The minimum atomic E-state index is 0.133. The lowest BCUT2D eigenvalue weighted by molar-refractivity contribution is 0.0695. The third-order valence-corrected chi connectivity index (χ3v) is 3.34. The number of hydrogen-bond acceptors (Lipinski definition) is 3. The van der Waals surface area contributed by atoms with Crippen LogP contribution in [0.15, 0.2) is 18.2 Å². The largest absolute Gasteiger partial charge is 0.382 e. The number of nitrogens with zero attached hydrogens (tertiary/aromatic N) is 1. The quantitative estimate of drug-likeness (QED) is 0.726. The molecular weight excluding hydrogens is 266 g/mol. The molecular formula is C17H27NO3. The number of rotatable bonds is 7. The van der Waals surface area contributed by atoms with Gasteiger partial charge < -0.3 is 14.4 Å². The number of methoxy groups -OCH3 is 1. The second kappa shape index (κ2) is 9.53. The van der Waals surface area contributed by atoms with Gasteiger partial charge >= 0.3 is 0 Å². The Morgan fingerprint density at radius 2 is 1.95 bits per heavy atom. The maximum atomic E-state index is 11.9. The normalized spacial score (nSPS) is 13.0. The van der Waals surface area contributed by atoms with Gasteiger partial charge in [0.05, 0.1) is 13.2 Å². The van der Waals surface area contributed by atoms with E-state index in [0.717, 1.165) is 37.1 Å². The van der Waals surface area contributed by atoms with Crippen LogP contribution in [0, 0.1) is 0 Å². The van der Waals surface area contributed by atoms with Gasteiger partial charge in [0.25, 0.3) is 5.91 Å². The molecule has 0 fully saturated rings. The Bertz CT molecular complexity index is 446. The second-order valence-electron chi connectivity index (χ2n) is 4.86. The molecule has 0 saturated heterocycles. The van der Waals surface area contributed by atoms with E-state index in [1.54, 1.807) is 12.0 Å². The summed E-state index contributed by atoms with van der Waals surface area (Å²) in [5.74, 6) is 0.133. The van der Waals surface area contributed by atoms with Crippen LogP contribution in [0.1, 0.15) is 41.8 Å². The lowest BCUT2D eigenvalue weighted by Gasteiger charge is -2.05. The van der Waals surface area contributed by atoms with Crippen molar-refractivity contribution in [2.45, 2.75) is 33.2 Å². The molecule has 1 amide bonds. The molecule has 4 nitrogen and oxygen atoms in total. The van der Waals surface area contributed by atoms with Crippen LogP contribution in [-0.4, -0.2) is 44.8 Å². The van der Waals surface area contributed by atoms with Gasteiger partial charge in [0.2, 0.25) is 0 Å². The third kappa shape index (κ3) is 5.14. The monoisotopic (exact) mass is 293 g/mol. The van der Waals surface area contributed by atoms with Crippen LogP contribution in [0.4, 0.5) is 0 Å². The summed E-state index contributed by atoms with van der Waals surface area (Å²) in [5, 5.41) is 0. The van der Waals surface area contributed by atoms with Crippen molar-refractivity contribution in [3.05, 3.63) is 34.9 Å². The first kappa shape index (κ1) is 17.7. The third-order valence-electron chi connectivity index (χ3n) is 3.34. The molecule has 0 bridgehead atoms. The smallest absolute Gasteiger partial charge is 0.254 e.